The second kappa shape index (κ2) is 5.93. The third-order valence-electron chi connectivity index (χ3n) is 3.06. The molecule has 0 radical (unpaired) electrons. The molecule has 0 aromatic heterocycles. The molecule has 1 N–H and O–H groups in total. The summed E-state index contributed by atoms with van der Waals surface area (Å²) in [5.41, 5.74) is 1.26. The van der Waals surface area contributed by atoms with E-state index in [1.807, 2.05) is 24.3 Å². The van der Waals surface area contributed by atoms with Crippen molar-refractivity contribution in [3.63, 3.8) is 0 Å². The first-order valence-corrected chi connectivity index (χ1v) is 6.23. The van der Waals surface area contributed by atoms with Crippen molar-refractivity contribution < 1.29 is 19.0 Å². The van der Waals surface area contributed by atoms with Crippen molar-refractivity contribution in [2.75, 3.05) is 38.8 Å². The molecule has 1 saturated heterocycles. The number of hydrogen-bond donors (Lipinski definition) is 1. The summed E-state index contributed by atoms with van der Waals surface area (Å²) in [7, 11) is 1.34. The van der Waals surface area contributed by atoms with Crippen LogP contribution in [0.3, 0.4) is 0 Å². The zero-order valence-electron chi connectivity index (χ0n) is 11.3. The molecule has 1 aromatic rings. The third kappa shape index (κ3) is 3.86. The van der Waals surface area contributed by atoms with Crippen molar-refractivity contribution in [3.8, 4) is 5.75 Å². The molecule has 0 atom stereocenters. The molecule has 1 aliphatic heterocycles. The normalized spacial score (nSPS) is 16.3. The predicted molar refractivity (Wildman–Crippen MR) is 71.4 cm³/mol. The Morgan fingerprint density at radius 3 is 2.58 bits per heavy atom. The van der Waals surface area contributed by atoms with Crippen molar-refractivity contribution in [1.29, 1.82) is 0 Å². The monoisotopic (exact) mass is 265 g/mol. The van der Waals surface area contributed by atoms with Gasteiger partial charge in [0.2, 0.25) is 0 Å². The fourth-order valence-electron chi connectivity index (χ4n) is 1.74. The molecule has 1 aromatic carbocycles. The maximum atomic E-state index is 10.9. The van der Waals surface area contributed by atoms with E-state index in [2.05, 4.69) is 17.0 Å². The zero-order valence-corrected chi connectivity index (χ0v) is 11.3. The molecular formula is C14H19NO4. The summed E-state index contributed by atoms with van der Waals surface area (Å²) in [5, 5.41) is 3.36. The highest BCUT2D eigenvalue weighted by molar-refractivity contribution is 5.70. The summed E-state index contributed by atoms with van der Waals surface area (Å²) in [5.74, 6) is 0.259. The number of hydrogen-bond acceptors (Lipinski definition) is 5. The number of benzene rings is 1. The minimum atomic E-state index is -0.389. The highest BCUT2D eigenvalue weighted by Gasteiger charge is 2.32. The number of rotatable bonds is 6. The first kappa shape index (κ1) is 13.7. The van der Waals surface area contributed by atoms with Gasteiger partial charge in [-0.25, -0.2) is 4.79 Å². The first-order chi connectivity index (χ1) is 9.11. The van der Waals surface area contributed by atoms with Crippen molar-refractivity contribution in [3.05, 3.63) is 24.3 Å². The maximum Gasteiger partial charge on any atom is 0.343 e. The van der Waals surface area contributed by atoms with Crippen LogP contribution in [-0.4, -0.2) is 39.4 Å². The number of carbonyl (C=O) groups excluding carboxylic acids is 1. The molecule has 2 rings (SSSR count). The fourth-order valence-corrected chi connectivity index (χ4v) is 1.74. The Hall–Kier alpha value is -1.75. The van der Waals surface area contributed by atoms with E-state index >= 15 is 0 Å². The van der Waals surface area contributed by atoms with Crippen LogP contribution < -0.4 is 10.1 Å². The van der Waals surface area contributed by atoms with Crippen LogP contribution in [0.25, 0.3) is 0 Å². The lowest BCUT2D eigenvalue weighted by Crippen LogP contribution is -2.45. The van der Waals surface area contributed by atoms with E-state index in [0.717, 1.165) is 25.4 Å². The summed E-state index contributed by atoms with van der Waals surface area (Å²) in [4.78, 5) is 10.9. The second-order valence-electron chi connectivity index (χ2n) is 5.05. The number of methoxy groups -OCH3 is 1. The van der Waals surface area contributed by atoms with Gasteiger partial charge >= 0.3 is 5.97 Å². The highest BCUT2D eigenvalue weighted by Crippen LogP contribution is 2.27. The molecule has 1 fully saturated rings. The molecular weight excluding hydrogens is 246 g/mol. The van der Waals surface area contributed by atoms with Gasteiger partial charge in [0.15, 0.2) is 6.61 Å². The first-order valence-electron chi connectivity index (χ1n) is 6.23. The van der Waals surface area contributed by atoms with Crippen LogP contribution in [0.4, 0.5) is 5.69 Å². The van der Waals surface area contributed by atoms with E-state index in [1.54, 1.807) is 0 Å². The largest absolute Gasteiger partial charge is 0.482 e. The molecule has 104 valence electrons. The van der Waals surface area contributed by atoms with Crippen LogP contribution in [0.15, 0.2) is 24.3 Å². The van der Waals surface area contributed by atoms with Gasteiger partial charge in [0.05, 0.1) is 20.3 Å². The minimum absolute atomic E-state index is 0.0707. The van der Waals surface area contributed by atoms with Gasteiger partial charge in [0.25, 0.3) is 0 Å². The van der Waals surface area contributed by atoms with Crippen molar-refractivity contribution >= 4 is 11.7 Å². The average Bonchev–Trinajstić information content (AvgIpc) is 2.41. The second-order valence-corrected chi connectivity index (χ2v) is 5.05. The molecule has 0 bridgehead atoms. The maximum absolute atomic E-state index is 10.9. The lowest BCUT2D eigenvalue weighted by molar-refractivity contribution is -0.142. The van der Waals surface area contributed by atoms with Gasteiger partial charge in [-0.1, -0.05) is 6.92 Å². The molecule has 0 aliphatic carbocycles. The Kier molecular flexibility index (Phi) is 4.27. The van der Waals surface area contributed by atoms with Crippen molar-refractivity contribution in [2.45, 2.75) is 6.92 Å². The van der Waals surface area contributed by atoms with E-state index in [-0.39, 0.29) is 18.0 Å². The topological polar surface area (TPSA) is 56.8 Å². The number of nitrogens with one attached hydrogen (secondary N) is 1. The summed E-state index contributed by atoms with van der Waals surface area (Å²) in [6.07, 6.45) is 0. The van der Waals surface area contributed by atoms with Crippen molar-refractivity contribution in [1.82, 2.24) is 0 Å². The van der Waals surface area contributed by atoms with Crippen LogP contribution in [0.2, 0.25) is 0 Å². The van der Waals surface area contributed by atoms with Gasteiger partial charge in [-0.15, -0.1) is 0 Å². The number of ether oxygens (including phenoxy) is 3. The van der Waals surface area contributed by atoms with Crippen LogP contribution >= 0.6 is 0 Å². The number of esters is 1. The summed E-state index contributed by atoms with van der Waals surface area (Å²) in [6.45, 7) is 4.62. The van der Waals surface area contributed by atoms with Crippen LogP contribution in [0, 0.1) is 5.41 Å². The van der Waals surface area contributed by atoms with Crippen LogP contribution in [0.5, 0.6) is 5.75 Å². The van der Waals surface area contributed by atoms with Gasteiger partial charge in [-0.05, 0) is 24.3 Å². The van der Waals surface area contributed by atoms with E-state index in [0.29, 0.717) is 5.75 Å². The number of anilines is 1. The molecule has 0 amide bonds. The Morgan fingerprint density at radius 2 is 2.05 bits per heavy atom. The smallest absolute Gasteiger partial charge is 0.343 e. The highest BCUT2D eigenvalue weighted by atomic mass is 16.6. The Morgan fingerprint density at radius 1 is 1.37 bits per heavy atom. The van der Waals surface area contributed by atoms with Gasteiger partial charge in [0, 0.05) is 17.6 Å². The Labute approximate surface area is 112 Å². The van der Waals surface area contributed by atoms with E-state index in [4.69, 9.17) is 9.47 Å². The predicted octanol–water partition coefficient (Wildman–Crippen LogP) is 1.69. The summed E-state index contributed by atoms with van der Waals surface area (Å²) < 4.78 is 15.0. The SMILES string of the molecule is COC(=O)COc1ccc(NCC2(C)COC2)cc1. The van der Waals surface area contributed by atoms with Gasteiger partial charge in [-0.3, -0.25) is 0 Å². The molecule has 0 unspecified atom stereocenters. The molecule has 5 nitrogen and oxygen atoms in total. The molecule has 0 spiro atoms. The molecule has 1 heterocycles. The van der Waals surface area contributed by atoms with Crippen molar-refractivity contribution in [2.24, 2.45) is 5.41 Å². The van der Waals surface area contributed by atoms with Crippen LogP contribution in [0.1, 0.15) is 6.92 Å². The Bertz CT molecular complexity index is 426. The lowest BCUT2D eigenvalue weighted by Gasteiger charge is -2.38. The average molecular weight is 265 g/mol. The third-order valence-corrected chi connectivity index (χ3v) is 3.06. The van der Waals surface area contributed by atoms with Gasteiger partial charge < -0.3 is 19.5 Å². The summed E-state index contributed by atoms with van der Waals surface area (Å²) in [6, 6.07) is 7.50. The number of carbonyl (C=O) groups is 1. The molecule has 19 heavy (non-hydrogen) atoms. The van der Waals surface area contributed by atoms with Gasteiger partial charge in [-0.2, -0.15) is 0 Å². The molecule has 0 saturated carbocycles. The Balaban J connectivity index is 1.79. The van der Waals surface area contributed by atoms with E-state index in [9.17, 15) is 4.79 Å². The lowest BCUT2D eigenvalue weighted by atomic mass is 9.89. The quantitative estimate of drug-likeness (QED) is 0.793. The summed E-state index contributed by atoms with van der Waals surface area (Å²) >= 11 is 0. The fraction of sp³-hybridized carbons (Fsp3) is 0.500. The van der Waals surface area contributed by atoms with Gasteiger partial charge in [0.1, 0.15) is 5.75 Å². The van der Waals surface area contributed by atoms with Crippen LogP contribution in [-0.2, 0) is 14.3 Å². The zero-order chi connectivity index (χ0) is 13.7. The molecule has 1 aliphatic rings. The van der Waals surface area contributed by atoms with E-state index in [1.165, 1.54) is 7.11 Å². The minimum Gasteiger partial charge on any atom is -0.482 e. The van der Waals surface area contributed by atoms with E-state index < -0.39 is 0 Å². The standard InChI is InChI=1S/C14H19NO4/c1-14(9-18-10-14)8-15-11-3-5-12(6-4-11)19-7-13(16)17-2/h3-6,15H,7-10H2,1-2H3. The molecule has 5 heteroatoms.